The summed E-state index contributed by atoms with van der Waals surface area (Å²) < 4.78 is 4.94. The Bertz CT molecular complexity index is 674. The van der Waals surface area contributed by atoms with E-state index < -0.39 is 5.97 Å². The zero-order valence-corrected chi connectivity index (χ0v) is 14.5. The van der Waals surface area contributed by atoms with E-state index in [9.17, 15) is 9.59 Å². The molecule has 2 rings (SSSR count). The van der Waals surface area contributed by atoms with Gasteiger partial charge in [0.25, 0.3) is 5.91 Å². The van der Waals surface area contributed by atoms with Crippen LogP contribution in [0.15, 0.2) is 35.7 Å². The molecule has 1 aromatic carbocycles. The van der Waals surface area contributed by atoms with Crippen molar-refractivity contribution in [3.05, 3.63) is 56.2 Å². The molecule has 0 aliphatic rings. The molecule has 1 N–H and O–H groups in total. The first-order valence-electron chi connectivity index (χ1n) is 6.93. The Morgan fingerprint density at radius 1 is 1.22 bits per heavy atom. The molecule has 2 aromatic rings. The number of rotatable bonds is 7. The normalized spacial score (nSPS) is 10.3. The summed E-state index contributed by atoms with van der Waals surface area (Å²) in [7, 11) is 0. The molecule has 0 atom stereocenters. The van der Waals surface area contributed by atoms with Crippen molar-refractivity contribution in [3.63, 3.8) is 0 Å². The second kappa shape index (κ2) is 8.91. The van der Waals surface area contributed by atoms with E-state index in [2.05, 4.69) is 5.32 Å². The molecule has 0 radical (unpaired) electrons. The number of hydrogen-bond donors (Lipinski definition) is 1. The summed E-state index contributed by atoms with van der Waals surface area (Å²) in [6.07, 6.45) is 0.760. The summed E-state index contributed by atoms with van der Waals surface area (Å²) in [6, 6.07) is 8.83. The second-order valence-electron chi connectivity index (χ2n) is 4.75. The van der Waals surface area contributed by atoms with Gasteiger partial charge >= 0.3 is 5.97 Å². The number of nitrogens with one attached hydrogen (secondary N) is 1. The summed E-state index contributed by atoms with van der Waals surface area (Å²) in [4.78, 5) is 24.5. The van der Waals surface area contributed by atoms with Gasteiger partial charge in [0.15, 0.2) is 6.61 Å². The number of benzene rings is 1. The van der Waals surface area contributed by atoms with E-state index in [0.29, 0.717) is 22.2 Å². The highest BCUT2D eigenvalue weighted by atomic mass is 35.5. The zero-order valence-electron chi connectivity index (χ0n) is 12.2. The molecule has 23 heavy (non-hydrogen) atoms. The zero-order chi connectivity index (χ0) is 16.7. The van der Waals surface area contributed by atoms with E-state index in [4.69, 9.17) is 27.9 Å². The maximum absolute atomic E-state index is 11.7. The fourth-order valence-corrected chi connectivity index (χ4v) is 3.03. The van der Waals surface area contributed by atoms with E-state index in [-0.39, 0.29) is 18.9 Å². The number of ether oxygens (including phenoxy) is 1. The van der Waals surface area contributed by atoms with E-state index in [1.165, 1.54) is 4.88 Å². The van der Waals surface area contributed by atoms with Crippen LogP contribution in [0.5, 0.6) is 0 Å². The minimum absolute atomic E-state index is 0.00151. The summed E-state index contributed by atoms with van der Waals surface area (Å²) in [5.74, 6) is -0.834. The van der Waals surface area contributed by atoms with Gasteiger partial charge < -0.3 is 10.1 Å². The first-order chi connectivity index (χ1) is 11.0. The lowest BCUT2D eigenvalue weighted by atomic mass is 10.1. The maximum Gasteiger partial charge on any atom is 0.310 e. The average Bonchev–Trinajstić information content (AvgIpc) is 3.01. The third-order valence-corrected chi connectivity index (χ3v) is 4.51. The molecule has 0 unspecified atom stereocenters. The molecule has 7 heteroatoms. The average molecular weight is 372 g/mol. The fourth-order valence-electron chi connectivity index (χ4n) is 1.85. The van der Waals surface area contributed by atoms with Gasteiger partial charge in [-0.1, -0.05) is 35.3 Å². The lowest BCUT2D eigenvalue weighted by Gasteiger charge is -2.07. The molecule has 0 bridgehead atoms. The predicted molar refractivity (Wildman–Crippen MR) is 92.2 cm³/mol. The van der Waals surface area contributed by atoms with Gasteiger partial charge in [-0.15, -0.1) is 11.3 Å². The maximum atomic E-state index is 11.7. The van der Waals surface area contributed by atoms with Crippen LogP contribution in [0.3, 0.4) is 0 Å². The van der Waals surface area contributed by atoms with Crippen molar-refractivity contribution in [2.24, 2.45) is 0 Å². The quantitative estimate of drug-likeness (QED) is 0.757. The standard InChI is InChI=1S/C16H15Cl2NO3S/c17-12-4-3-11(14(18)9-12)8-16(21)22-10-15(20)19-6-5-13-2-1-7-23-13/h1-4,7,9H,5-6,8,10H2,(H,19,20). The highest BCUT2D eigenvalue weighted by molar-refractivity contribution is 7.09. The molecule has 0 saturated carbocycles. The van der Waals surface area contributed by atoms with Crippen molar-refractivity contribution in [1.29, 1.82) is 0 Å². The second-order valence-corrected chi connectivity index (χ2v) is 6.63. The molecule has 0 saturated heterocycles. The van der Waals surface area contributed by atoms with Crippen LogP contribution in [0.25, 0.3) is 0 Å². The van der Waals surface area contributed by atoms with Crippen molar-refractivity contribution in [2.45, 2.75) is 12.8 Å². The largest absolute Gasteiger partial charge is 0.455 e. The Morgan fingerprint density at radius 2 is 2.04 bits per heavy atom. The number of amides is 1. The van der Waals surface area contributed by atoms with Crippen LogP contribution in [0.4, 0.5) is 0 Å². The number of halogens is 2. The first-order valence-corrected chi connectivity index (χ1v) is 8.57. The van der Waals surface area contributed by atoms with Crippen LogP contribution >= 0.6 is 34.5 Å². The highest BCUT2D eigenvalue weighted by Gasteiger charge is 2.11. The minimum Gasteiger partial charge on any atom is -0.455 e. The molecule has 4 nitrogen and oxygen atoms in total. The SMILES string of the molecule is O=C(COC(=O)Cc1ccc(Cl)cc1Cl)NCCc1cccs1. The molecule has 1 aromatic heterocycles. The summed E-state index contributed by atoms with van der Waals surface area (Å²) >= 11 is 13.4. The number of carbonyl (C=O) groups excluding carboxylic acids is 2. The van der Waals surface area contributed by atoms with E-state index in [0.717, 1.165) is 6.42 Å². The van der Waals surface area contributed by atoms with Gasteiger partial charge in [-0.25, -0.2) is 0 Å². The lowest BCUT2D eigenvalue weighted by Crippen LogP contribution is -2.30. The third kappa shape index (κ3) is 6.22. The van der Waals surface area contributed by atoms with Gasteiger partial charge in [0, 0.05) is 21.5 Å². The van der Waals surface area contributed by atoms with E-state index in [1.807, 2.05) is 17.5 Å². The monoisotopic (exact) mass is 371 g/mol. The van der Waals surface area contributed by atoms with E-state index in [1.54, 1.807) is 29.5 Å². The van der Waals surface area contributed by atoms with Crippen molar-refractivity contribution >= 4 is 46.4 Å². The Balaban J connectivity index is 1.68. The Hall–Kier alpha value is -1.56. The molecule has 0 spiro atoms. The summed E-state index contributed by atoms with van der Waals surface area (Å²) in [5, 5.41) is 5.59. The van der Waals surface area contributed by atoms with Gasteiger partial charge in [-0.05, 0) is 35.6 Å². The Labute approximate surface area is 148 Å². The first kappa shape index (κ1) is 17.8. The Morgan fingerprint density at radius 3 is 2.74 bits per heavy atom. The predicted octanol–water partition coefficient (Wildman–Crippen LogP) is 3.50. The highest BCUT2D eigenvalue weighted by Crippen LogP contribution is 2.21. The topological polar surface area (TPSA) is 55.4 Å². The molecule has 0 aliphatic carbocycles. The molecular weight excluding hydrogens is 357 g/mol. The van der Waals surface area contributed by atoms with Gasteiger partial charge in [0.1, 0.15) is 0 Å². The number of carbonyl (C=O) groups is 2. The smallest absolute Gasteiger partial charge is 0.310 e. The van der Waals surface area contributed by atoms with Crippen LogP contribution in [0.2, 0.25) is 10.0 Å². The van der Waals surface area contributed by atoms with Crippen LogP contribution < -0.4 is 5.32 Å². The summed E-state index contributed by atoms with van der Waals surface area (Å²) in [5.41, 5.74) is 0.610. The summed E-state index contributed by atoms with van der Waals surface area (Å²) in [6.45, 7) is 0.217. The van der Waals surface area contributed by atoms with Gasteiger partial charge in [0.05, 0.1) is 6.42 Å². The van der Waals surface area contributed by atoms with Crippen LogP contribution in [0.1, 0.15) is 10.4 Å². The number of esters is 1. The Kier molecular flexibility index (Phi) is 6.89. The van der Waals surface area contributed by atoms with Crippen molar-refractivity contribution in [3.8, 4) is 0 Å². The van der Waals surface area contributed by atoms with Crippen molar-refractivity contribution in [2.75, 3.05) is 13.2 Å². The molecule has 0 aliphatic heterocycles. The molecule has 1 heterocycles. The van der Waals surface area contributed by atoms with Crippen LogP contribution in [0, 0.1) is 0 Å². The van der Waals surface area contributed by atoms with Gasteiger partial charge in [-0.2, -0.15) is 0 Å². The molecule has 1 amide bonds. The van der Waals surface area contributed by atoms with Gasteiger partial charge in [-0.3, -0.25) is 9.59 Å². The van der Waals surface area contributed by atoms with Crippen molar-refractivity contribution < 1.29 is 14.3 Å². The van der Waals surface area contributed by atoms with Crippen LogP contribution in [-0.2, 0) is 27.2 Å². The van der Waals surface area contributed by atoms with Crippen LogP contribution in [-0.4, -0.2) is 25.0 Å². The fraction of sp³-hybridized carbons (Fsp3) is 0.250. The molecular formula is C16H15Cl2NO3S. The molecule has 122 valence electrons. The van der Waals surface area contributed by atoms with Gasteiger partial charge in [0.2, 0.25) is 0 Å². The molecule has 0 fully saturated rings. The van der Waals surface area contributed by atoms with Crippen molar-refractivity contribution in [1.82, 2.24) is 5.32 Å². The van der Waals surface area contributed by atoms with E-state index >= 15 is 0 Å². The number of hydrogen-bond acceptors (Lipinski definition) is 4. The number of thiophene rings is 1. The minimum atomic E-state index is -0.511. The third-order valence-electron chi connectivity index (χ3n) is 2.99. The lowest BCUT2D eigenvalue weighted by molar-refractivity contribution is -0.147.